The lowest BCUT2D eigenvalue weighted by Crippen LogP contribution is -2.88. The van der Waals surface area contributed by atoms with Crippen molar-refractivity contribution in [3.63, 3.8) is 0 Å². The minimum Gasteiger partial charge on any atom is -0.435 e. The highest BCUT2D eigenvalue weighted by molar-refractivity contribution is 5.94. The molecule has 29 heavy (non-hydrogen) atoms. The third-order valence-electron chi connectivity index (χ3n) is 4.40. The number of imide groups is 1. The number of carbonyl (C=O) groups excluding carboxylic acids is 2. The summed E-state index contributed by atoms with van der Waals surface area (Å²) >= 11 is 0. The zero-order chi connectivity index (χ0) is 21.2. The molecule has 0 unspecified atom stereocenters. The Balaban J connectivity index is 2.06. The number of hydrogen-bond acceptors (Lipinski definition) is 3. The van der Waals surface area contributed by atoms with Crippen molar-refractivity contribution in [2.75, 3.05) is 6.54 Å². The van der Waals surface area contributed by atoms with Gasteiger partial charge in [0.2, 0.25) is 0 Å². The molecule has 4 N–H and O–H groups in total. The fourth-order valence-electron chi connectivity index (χ4n) is 2.75. The maximum atomic E-state index is 12.4. The molecule has 156 valence electrons. The average Bonchev–Trinajstić information content (AvgIpc) is 2.69. The Morgan fingerprint density at radius 3 is 2.24 bits per heavy atom. The Labute approximate surface area is 168 Å². The zero-order valence-corrected chi connectivity index (χ0v) is 16.4. The van der Waals surface area contributed by atoms with Crippen molar-refractivity contribution in [1.29, 1.82) is 0 Å². The molecule has 3 amide bonds. The fourth-order valence-corrected chi connectivity index (χ4v) is 2.75. The third-order valence-corrected chi connectivity index (χ3v) is 4.40. The Morgan fingerprint density at radius 2 is 1.66 bits per heavy atom. The van der Waals surface area contributed by atoms with Crippen LogP contribution in [0.3, 0.4) is 0 Å². The van der Waals surface area contributed by atoms with Gasteiger partial charge in [-0.05, 0) is 37.6 Å². The molecule has 0 saturated carbocycles. The number of nitrogens with two attached hydrogens (primary N) is 1. The van der Waals surface area contributed by atoms with Crippen molar-refractivity contribution in [2.24, 2.45) is 0 Å². The number of nitrogens with one attached hydrogen (secondary N) is 2. The normalized spacial score (nSPS) is 12.9. The lowest BCUT2D eigenvalue weighted by Gasteiger charge is -2.17. The predicted molar refractivity (Wildman–Crippen MR) is 105 cm³/mol. The van der Waals surface area contributed by atoms with E-state index in [2.05, 4.69) is 15.4 Å². The Hall–Kier alpha value is -3.00. The number of quaternary nitrogens is 1. The summed E-state index contributed by atoms with van der Waals surface area (Å²) in [6.45, 7) is 0.914. The van der Waals surface area contributed by atoms with Gasteiger partial charge < -0.3 is 15.4 Å². The number of ether oxygens (including phenoxy) is 1. The molecule has 0 aliphatic carbocycles. The predicted octanol–water partition coefficient (Wildman–Crippen LogP) is 2.57. The van der Waals surface area contributed by atoms with Crippen molar-refractivity contribution >= 4 is 11.9 Å². The Morgan fingerprint density at radius 1 is 1.03 bits per heavy atom. The molecule has 6 nitrogen and oxygen atoms in total. The van der Waals surface area contributed by atoms with E-state index < -0.39 is 18.5 Å². The van der Waals surface area contributed by atoms with E-state index in [1.54, 1.807) is 17.4 Å². The number of alkyl halides is 2. The van der Waals surface area contributed by atoms with Crippen molar-refractivity contribution in [3.05, 3.63) is 65.7 Å². The molecule has 0 spiro atoms. The van der Waals surface area contributed by atoms with E-state index in [1.165, 1.54) is 12.1 Å². The number of halogens is 2. The summed E-state index contributed by atoms with van der Waals surface area (Å²) < 4.78 is 29.1. The molecule has 0 aromatic heterocycles. The van der Waals surface area contributed by atoms with E-state index in [4.69, 9.17) is 0 Å². The van der Waals surface area contributed by atoms with Crippen LogP contribution in [0, 0.1) is 0 Å². The maximum Gasteiger partial charge on any atom is 0.387 e. The van der Waals surface area contributed by atoms with Gasteiger partial charge in [0.15, 0.2) is 6.54 Å². The summed E-state index contributed by atoms with van der Waals surface area (Å²) in [4.78, 5) is 24.0. The highest BCUT2D eigenvalue weighted by Crippen LogP contribution is 2.22. The van der Waals surface area contributed by atoms with Gasteiger partial charge in [0.25, 0.3) is 5.91 Å². The van der Waals surface area contributed by atoms with Gasteiger partial charge in [-0.1, -0.05) is 37.3 Å². The van der Waals surface area contributed by atoms with Crippen LogP contribution in [0.25, 0.3) is 0 Å². The number of hydrogen-bond donors (Lipinski definition) is 3. The van der Waals surface area contributed by atoms with E-state index in [1.807, 2.05) is 44.2 Å². The molecule has 0 fully saturated rings. The zero-order valence-electron chi connectivity index (χ0n) is 16.4. The number of benzene rings is 2. The first-order valence-corrected chi connectivity index (χ1v) is 9.42. The highest BCUT2D eigenvalue weighted by Gasteiger charge is 2.20. The Kier molecular flexibility index (Phi) is 8.54. The summed E-state index contributed by atoms with van der Waals surface area (Å²) in [6, 6.07) is 15.0. The van der Waals surface area contributed by atoms with Gasteiger partial charge in [0, 0.05) is 17.2 Å². The summed E-state index contributed by atoms with van der Waals surface area (Å²) in [5, 5.41) is 6.77. The van der Waals surface area contributed by atoms with Crippen molar-refractivity contribution in [3.8, 4) is 5.75 Å². The fraction of sp³-hybridized carbons (Fsp3) is 0.333. The molecule has 0 heterocycles. The summed E-state index contributed by atoms with van der Waals surface area (Å²) in [5.41, 5.74) is 1.75. The smallest absolute Gasteiger partial charge is 0.387 e. The number of amides is 3. The molecule has 0 radical (unpaired) electrons. The third kappa shape index (κ3) is 7.50. The standard InChI is InChI=1S/C21H25F2N3O3/c1-3-14(2)25-21(28)26-18(27)13-24-19(15-7-5-4-6-8-15)16-9-11-17(12-10-16)29-20(22)23/h4-12,14,19-20,24H,3,13H2,1-2H3,(H2,25,26,27,28)/p+1/t14-,19-/m1/s1. The first-order chi connectivity index (χ1) is 13.9. The number of urea groups is 1. The van der Waals surface area contributed by atoms with Crippen LogP contribution in [0.2, 0.25) is 0 Å². The minimum atomic E-state index is -2.89. The van der Waals surface area contributed by atoms with Crippen molar-refractivity contribution in [1.82, 2.24) is 10.6 Å². The monoisotopic (exact) mass is 406 g/mol. The van der Waals surface area contributed by atoms with E-state index in [9.17, 15) is 18.4 Å². The molecule has 8 heteroatoms. The summed E-state index contributed by atoms with van der Waals surface area (Å²) in [5.74, 6) is -0.362. The van der Waals surface area contributed by atoms with E-state index in [0.717, 1.165) is 17.5 Å². The number of carbonyl (C=O) groups is 2. The van der Waals surface area contributed by atoms with E-state index >= 15 is 0 Å². The molecule has 2 aromatic rings. The van der Waals surface area contributed by atoms with Gasteiger partial charge >= 0.3 is 12.6 Å². The minimum absolute atomic E-state index is 0.0166. The molecule has 2 rings (SSSR count). The number of rotatable bonds is 9. The van der Waals surface area contributed by atoms with Crippen LogP contribution in [0.15, 0.2) is 54.6 Å². The van der Waals surface area contributed by atoms with Gasteiger partial charge in [-0.15, -0.1) is 0 Å². The molecule has 0 bridgehead atoms. The first-order valence-electron chi connectivity index (χ1n) is 9.42. The lowest BCUT2D eigenvalue weighted by atomic mass is 9.98. The largest absolute Gasteiger partial charge is 0.435 e. The molecule has 0 aliphatic heterocycles. The average molecular weight is 406 g/mol. The maximum absolute atomic E-state index is 12.4. The quantitative estimate of drug-likeness (QED) is 0.599. The van der Waals surface area contributed by atoms with Gasteiger partial charge in [0.05, 0.1) is 0 Å². The van der Waals surface area contributed by atoms with Crippen LogP contribution in [-0.4, -0.2) is 31.1 Å². The van der Waals surface area contributed by atoms with Crippen molar-refractivity contribution < 1.29 is 28.4 Å². The van der Waals surface area contributed by atoms with Crippen LogP contribution >= 0.6 is 0 Å². The second-order valence-electron chi connectivity index (χ2n) is 6.61. The molecule has 0 aliphatic rings. The topological polar surface area (TPSA) is 84.0 Å². The molecule has 0 saturated heterocycles. The van der Waals surface area contributed by atoms with Crippen LogP contribution < -0.4 is 20.7 Å². The molecule has 2 atom stereocenters. The highest BCUT2D eigenvalue weighted by atomic mass is 19.3. The van der Waals surface area contributed by atoms with Gasteiger partial charge in [-0.3, -0.25) is 10.1 Å². The molecule has 2 aromatic carbocycles. The van der Waals surface area contributed by atoms with Crippen molar-refractivity contribution in [2.45, 2.75) is 39.0 Å². The van der Waals surface area contributed by atoms with Gasteiger partial charge in [-0.25, -0.2) is 4.79 Å². The second-order valence-corrected chi connectivity index (χ2v) is 6.61. The van der Waals surface area contributed by atoms with Gasteiger partial charge in [-0.2, -0.15) is 8.78 Å². The van der Waals surface area contributed by atoms with Gasteiger partial charge in [0.1, 0.15) is 11.8 Å². The Bertz CT molecular complexity index is 786. The summed E-state index contributed by atoms with van der Waals surface area (Å²) in [6.07, 6.45) is 0.759. The second kappa shape index (κ2) is 11.1. The first kappa shape index (κ1) is 22.3. The lowest BCUT2D eigenvalue weighted by molar-refractivity contribution is -0.676. The van der Waals surface area contributed by atoms with Crippen LogP contribution in [0.4, 0.5) is 13.6 Å². The summed E-state index contributed by atoms with van der Waals surface area (Å²) in [7, 11) is 0. The van der Waals surface area contributed by atoms with E-state index in [0.29, 0.717) is 0 Å². The van der Waals surface area contributed by atoms with E-state index in [-0.39, 0.29) is 24.4 Å². The SMILES string of the molecule is CC[C@@H](C)NC(=O)NC(=O)C[NH2+][C@H](c1ccccc1)c1ccc(OC(F)F)cc1. The van der Waals surface area contributed by atoms with Crippen LogP contribution in [0.1, 0.15) is 37.4 Å². The molecular formula is C21H26F2N3O3+. The van der Waals surface area contributed by atoms with Crippen LogP contribution in [-0.2, 0) is 4.79 Å². The molecular weight excluding hydrogens is 380 g/mol. The van der Waals surface area contributed by atoms with Crippen LogP contribution in [0.5, 0.6) is 5.75 Å².